The van der Waals surface area contributed by atoms with Crippen molar-refractivity contribution in [1.29, 1.82) is 0 Å². The Balaban J connectivity index is 2.01. The van der Waals surface area contributed by atoms with Crippen LogP contribution in [0.4, 0.5) is 0 Å². The zero-order valence-electron chi connectivity index (χ0n) is 11.7. The van der Waals surface area contributed by atoms with Gasteiger partial charge in [-0.05, 0) is 17.7 Å². The number of aryl methyl sites for hydroxylation is 1. The highest BCUT2D eigenvalue weighted by atomic mass is 15.3. The predicted octanol–water partition coefficient (Wildman–Crippen LogP) is 2.58. The van der Waals surface area contributed by atoms with E-state index in [9.17, 15) is 0 Å². The molecule has 3 N–H and O–H groups in total. The van der Waals surface area contributed by atoms with Gasteiger partial charge in [-0.3, -0.25) is 4.68 Å². The number of hydrogen-bond acceptors (Lipinski definition) is 3. The summed E-state index contributed by atoms with van der Waals surface area (Å²) in [5.41, 5.74) is 10.7. The van der Waals surface area contributed by atoms with Crippen LogP contribution in [-0.2, 0) is 13.6 Å². The van der Waals surface area contributed by atoms with Crippen molar-refractivity contribution in [1.82, 2.24) is 19.7 Å². The van der Waals surface area contributed by atoms with Gasteiger partial charge in [0.15, 0.2) is 5.82 Å². The maximum Gasteiger partial charge on any atom is 0.159 e. The molecule has 0 radical (unpaired) electrons. The summed E-state index contributed by atoms with van der Waals surface area (Å²) in [4.78, 5) is 8.06. The van der Waals surface area contributed by atoms with Gasteiger partial charge >= 0.3 is 0 Å². The molecule has 0 bridgehead atoms. The third kappa shape index (κ3) is 1.75. The van der Waals surface area contributed by atoms with Crippen LogP contribution in [-0.4, -0.2) is 19.7 Å². The summed E-state index contributed by atoms with van der Waals surface area (Å²) in [7, 11) is 1.94. The minimum atomic E-state index is 0.477. The van der Waals surface area contributed by atoms with E-state index < -0.39 is 0 Å². The molecule has 5 nitrogen and oxygen atoms in total. The fourth-order valence-corrected chi connectivity index (χ4v) is 2.76. The Labute approximate surface area is 121 Å². The normalized spacial score (nSPS) is 11.5. The van der Waals surface area contributed by atoms with Gasteiger partial charge in [0.05, 0.1) is 16.6 Å². The molecule has 21 heavy (non-hydrogen) atoms. The number of rotatable bonds is 2. The number of para-hydroxylation sites is 2. The number of nitrogens with two attached hydrogens (primary N) is 1. The van der Waals surface area contributed by atoms with Gasteiger partial charge in [-0.2, -0.15) is 5.10 Å². The number of nitrogens with one attached hydrogen (secondary N) is 1. The van der Waals surface area contributed by atoms with Crippen molar-refractivity contribution in [2.45, 2.75) is 6.54 Å². The van der Waals surface area contributed by atoms with Crippen LogP contribution < -0.4 is 5.73 Å². The zero-order chi connectivity index (χ0) is 14.4. The van der Waals surface area contributed by atoms with E-state index in [4.69, 9.17) is 10.7 Å². The molecule has 0 aliphatic carbocycles. The van der Waals surface area contributed by atoms with Crippen LogP contribution in [0.25, 0.3) is 33.5 Å². The Morgan fingerprint density at radius 3 is 2.86 bits per heavy atom. The zero-order valence-corrected chi connectivity index (χ0v) is 11.7. The second-order valence-electron chi connectivity index (χ2n) is 5.09. The van der Waals surface area contributed by atoms with E-state index in [0.29, 0.717) is 6.54 Å². The number of nitrogens with zero attached hydrogens (tertiary/aromatic N) is 3. The van der Waals surface area contributed by atoms with Gasteiger partial charge in [0.25, 0.3) is 0 Å². The number of fused-ring (bicyclic) bond motifs is 2. The lowest BCUT2D eigenvalue weighted by molar-refractivity contribution is 0.798. The topological polar surface area (TPSA) is 72.5 Å². The fourth-order valence-electron chi connectivity index (χ4n) is 2.76. The molecule has 5 heteroatoms. The number of aromatic nitrogens is 4. The minimum absolute atomic E-state index is 0.477. The number of H-pyrrole nitrogens is 1. The number of imidazole rings is 1. The molecule has 0 saturated carbocycles. The first kappa shape index (κ1) is 12.1. The predicted molar refractivity (Wildman–Crippen MR) is 83.7 cm³/mol. The largest absolute Gasteiger partial charge is 0.337 e. The molecule has 0 unspecified atom stereocenters. The lowest BCUT2D eigenvalue weighted by Crippen LogP contribution is -1.96. The Morgan fingerprint density at radius 2 is 2.00 bits per heavy atom. The van der Waals surface area contributed by atoms with Crippen LogP contribution >= 0.6 is 0 Å². The molecular formula is C16H15N5. The Bertz CT molecular complexity index is 948. The molecule has 0 fully saturated rings. The third-order valence-corrected chi connectivity index (χ3v) is 3.80. The van der Waals surface area contributed by atoms with Crippen LogP contribution in [0.3, 0.4) is 0 Å². The highest BCUT2D eigenvalue weighted by molar-refractivity contribution is 5.93. The molecule has 104 valence electrons. The Hall–Kier alpha value is -2.66. The summed E-state index contributed by atoms with van der Waals surface area (Å²) in [6, 6.07) is 14.2. The van der Waals surface area contributed by atoms with Crippen LogP contribution in [0.15, 0.2) is 42.5 Å². The summed E-state index contributed by atoms with van der Waals surface area (Å²) >= 11 is 0. The average Bonchev–Trinajstić information content (AvgIpc) is 3.08. The molecule has 0 amide bonds. The highest BCUT2D eigenvalue weighted by Gasteiger charge is 2.14. The quantitative estimate of drug-likeness (QED) is 0.591. The summed E-state index contributed by atoms with van der Waals surface area (Å²) < 4.78 is 1.88. The molecule has 2 aromatic carbocycles. The van der Waals surface area contributed by atoms with Crippen LogP contribution in [0, 0.1) is 0 Å². The first-order chi connectivity index (χ1) is 10.3. The minimum Gasteiger partial charge on any atom is -0.337 e. The van der Waals surface area contributed by atoms with Crippen LogP contribution in [0.2, 0.25) is 0 Å². The van der Waals surface area contributed by atoms with E-state index in [0.717, 1.165) is 39.0 Å². The van der Waals surface area contributed by atoms with Gasteiger partial charge < -0.3 is 10.7 Å². The smallest absolute Gasteiger partial charge is 0.159 e. The van der Waals surface area contributed by atoms with Crippen molar-refractivity contribution in [3.05, 3.63) is 48.0 Å². The maximum atomic E-state index is 5.78. The van der Waals surface area contributed by atoms with Crippen molar-refractivity contribution < 1.29 is 0 Å². The van der Waals surface area contributed by atoms with Gasteiger partial charge in [-0.25, -0.2) is 4.98 Å². The Kier molecular flexibility index (Phi) is 2.55. The van der Waals surface area contributed by atoms with Gasteiger partial charge in [-0.15, -0.1) is 0 Å². The van der Waals surface area contributed by atoms with E-state index in [2.05, 4.69) is 22.2 Å². The van der Waals surface area contributed by atoms with Crippen molar-refractivity contribution in [2.24, 2.45) is 12.8 Å². The van der Waals surface area contributed by atoms with Crippen molar-refractivity contribution >= 4 is 21.9 Å². The fraction of sp³-hybridized carbons (Fsp3) is 0.125. The van der Waals surface area contributed by atoms with E-state index in [1.165, 1.54) is 0 Å². The molecule has 0 aliphatic rings. The molecular weight excluding hydrogens is 262 g/mol. The maximum absolute atomic E-state index is 5.78. The summed E-state index contributed by atoms with van der Waals surface area (Å²) in [6.07, 6.45) is 0. The van der Waals surface area contributed by atoms with Gasteiger partial charge in [-0.1, -0.05) is 30.3 Å². The Morgan fingerprint density at radius 1 is 1.14 bits per heavy atom. The van der Waals surface area contributed by atoms with Crippen molar-refractivity contribution in [3.8, 4) is 11.5 Å². The number of aromatic amines is 1. The molecule has 0 saturated heterocycles. The van der Waals surface area contributed by atoms with E-state index >= 15 is 0 Å². The molecule has 0 aliphatic heterocycles. The van der Waals surface area contributed by atoms with Gasteiger partial charge in [0, 0.05) is 19.0 Å². The second-order valence-corrected chi connectivity index (χ2v) is 5.09. The van der Waals surface area contributed by atoms with Crippen molar-refractivity contribution in [3.63, 3.8) is 0 Å². The molecule has 2 aromatic heterocycles. The molecule has 2 heterocycles. The lowest BCUT2D eigenvalue weighted by atomic mass is 10.2. The monoisotopic (exact) mass is 277 g/mol. The van der Waals surface area contributed by atoms with E-state index in [-0.39, 0.29) is 0 Å². The molecule has 0 atom stereocenters. The standard InChI is InChI=1S/C16H15N5/c1-21-13-8-3-2-6-11(13)15(20-21)16-18-12-7-4-5-10(9-17)14(12)19-16/h2-8H,9,17H2,1H3,(H,18,19). The van der Waals surface area contributed by atoms with E-state index in [1.807, 2.05) is 42.1 Å². The number of benzene rings is 2. The third-order valence-electron chi connectivity index (χ3n) is 3.80. The average molecular weight is 277 g/mol. The molecule has 0 spiro atoms. The summed E-state index contributed by atoms with van der Waals surface area (Å²) in [5.74, 6) is 0.780. The highest BCUT2D eigenvalue weighted by Crippen LogP contribution is 2.28. The number of hydrogen-bond donors (Lipinski definition) is 2. The SMILES string of the molecule is Cn1nc(-c2nc3c(CN)cccc3[nH]2)c2ccccc21. The molecule has 4 rings (SSSR count). The van der Waals surface area contributed by atoms with Gasteiger partial charge in [0.2, 0.25) is 0 Å². The van der Waals surface area contributed by atoms with Crippen LogP contribution in [0.1, 0.15) is 5.56 Å². The van der Waals surface area contributed by atoms with Crippen molar-refractivity contribution in [2.75, 3.05) is 0 Å². The lowest BCUT2D eigenvalue weighted by Gasteiger charge is -1.95. The molecule has 4 aromatic rings. The van der Waals surface area contributed by atoms with Crippen LogP contribution in [0.5, 0.6) is 0 Å². The van der Waals surface area contributed by atoms with E-state index in [1.54, 1.807) is 0 Å². The van der Waals surface area contributed by atoms with Gasteiger partial charge in [0.1, 0.15) is 5.69 Å². The first-order valence-electron chi connectivity index (χ1n) is 6.87. The second kappa shape index (κ2) is 4.43. The summed E-state index contributed by atoms with van der Waals surface area (Å²) in [6.45, 7) is 0.477. The first-order valence-corrected chi connectivity index (χ1v) is 6.87. The summed E-state index contributed by atoms with van der Waals surface area (Å²) in [5, 5.41) is 5.69.